The Morgan fingerprint density at radius 2 is 1.97 bits per heavy atom. The van der Waals surface area contributed by atoms with Crippen LogP contribution in [0.1, 0.15) is 36.3 Å². The fourth-order valence-corrected chi connectivity index (χ4v) is 5.03. The van der Waals surface area contributed by atoms with E-state index in [-0.39, 0.29) is 18.2 Å². The summed E-state index contributed by atoms with van der Waals surface area (Å²) in [5, 5.41) is 4.32. The van der Waals surface area contributed by atoms with Gasteiger partial charge in [-0.3, -0.25) is 4.98 Å². The van der Waals surface area contributed by atoms with E-state index in [0.717, 1.165) is 42.5 Å². The highest BCUT2D eigenvalue weighted by molar-refractivity contribution is 7.80. The number of nitrogens with one attached hydrogen (secondary N) is 1. The molecular weight excluding hydrogens is 418 g/mol. The second-order valence-electron chi connectivity index (χ2n) is 8.63. The molecule has 0 aliphatic carbocycles. The molecule has 2 aliphatic rings. The Labute approximate surface area is 194 Å². The number of aromatic nitrogens is 2. The van der Waals surface area contributed by atoms with Gasteiger partial charge in [0.25, 0.3) is 0 Å². The molecule has 0 radical (unpaired) electrons. The van der Waals surface area contributed by atoms with Gasteiger partial charge in [-0.2, -0.15) is 0 Å². The lowest BCUT2D eigenvalue weighted by Gasteiger charge is -2.30. The Bertz CT molecular complexity index is 1060. The largest absolute Gasteiger partial charge is 0.378 e. The zero-order valence-corrected chi connectivity index (χ0v) is 19.3. The number of ether oxygens (including phenoxy) is 1. The van der Waals surface area contributed by atoms with Gasteiger partial charge in [0.1, 0.15) is 0 Å². The highest BCUT2D eigenvalue weighted by atomic mass is 32.1. The monoisotopic (exact) mass is 447 g/mol. The summed E-state index contributed by atoms with van der Waals surface area (Å²) in [6.45, 7) is 1.62. The van der Waals surface area contributed by atoms with E-state index in [9.17, 15) is 0 Å². The molecule has 7 heteroatoms. The number of rotatable bonds is 6. The molecule has 0 amide bonds. The third kappa shape index (κ3) is 3.98. The van der Waals surface area contributed by atoms with Gasteiger partial charge in [0.15, 0.2) is 5.11 Å². The van der Waals surface area contributed by atoms with Crippen molar-refractivity contribution < 1.29 is 4.74 Å². The van der Waals surface area contributed by atoms with Crippen molar-refractivity contribution in [2.75, 3.05) is 32.1 Å². The van der Waals surface area contributed by atoms with Gasteiger partial charge in [-0.25, -0.2) is 0 Å². The molecule has 1 aromatic carbocycles. The van der Waals surface area contributed by atoms with Crippen molar-refractivity contribution in [3.63, 3.8) is 0 Å². The molecule has 2 saturated heterocycles. The number of benzene rings is 1. The van der Waals surface area contributed by atoms with Crippen LogP contribution in [0.15, 0.2) is 67.0 Å². The molecular formula is C25H29N5OS. The second-order valence-corrected chi connectivity index (χ2v) is 9.01. The van der Waals surface area contributed by atoms with Crippen LogP contribution < -0.4 is 10.2 Å². The van der Waals surface area contributed by atoms with Crippen molar-refractivity contribution in [2.45, 2.75) is 31.0 Å². The first kappa shape index (κ1) is 21.0. The van der Waals surface area contributed by atoms with E-state index in [1.165, 1.54) is 11.4 Å². The summed E-state index contributed by atoms with van der Waals surface area (Å²) in [4.78, 5) is 9.07. The van der Waals surface area contributed by atoms with E-state index < -0.39 is 0 Å². The van der Waals surface area contributed by atoms with E-state index in [0.29, 0.717) is 0 Å². The maximum atomic E-state index is 5.96. The predicted octanol–water partition coefficient (Wildman–Crippen LogP) is 4.09. The summed E-state index contributed by atoms with van der Waals surface area (Å²) >= 11 is 5.83. The van der Waals surface area contributed by atoms with Crippen LogP contribution in [-0.2, 0) is 4.74 Å². The zero-order chi connectivity index (χ0) is 22.1. The van der Waals surface area contributed by atoms with E-state index in [1.54, 1.807) is 0 Å². The van der Waals surface area contributed by atoms with E-state index in [4.69, 9.17) is 17.0 Å². The highest BCUT2D eigenvalue weighted by Crippen LogP contribution is 2.40. The molecule has 4 heterocycles. The smallest absolute Gasteiger partial charge is 0.170 e. The summed E-state index contributed by atoms with van der Waals surface area (Å²) in [6.07, 6.45) is 6.37. The van der Waals surface area contributed by atoms with Crippen molar-refractivity contribution in [1.82, 2.24) is 19.8 Å². The summed E-state index contributed by atoms with van der Waals surface area (Å²) in [6, 6.07) is 19.0. The Hall–Kier alpha value is -2.90. The molecule has 1 N–H and O–H groups in total. The first-order valence-corrected chi connectivity index (χ1v) is 11.6. The Balaban J connectivity index is 1.54. The molecule has 0 bridgehead atoms. The van der Waals surface area contributed by atoms with E-state index in [2.05, 4.69) is 87.4 Å². The van der Waals surface area contributed by atoms with Crippen molar-refractivity contribution in [2.24, 2.45) is 0 Å². The van der Waals surface area contributed by atoms with Crippen LogP contribution in [0, 0.1) is 0 Å². The van der Waals surface area contributed by atoms with Gasteiger partial charge in [0, 0.05) is 56.7 Å². The number of thiocarbonyl (C=S) groups is 1. The van der Waals surface area contributed by atoms with Crippen LogP contribution in [0.5, 0.6) is 0 Å². The molecule has 5 rings (SSSR count). The third-order valence-electron chi connectivity index (χ3n) is 6.35. The molecule has 3 aromatic rings. The molecule has 32 heavy (non-hydrogen) atoms. The van der Waals surface area contributed by atoms with Crippen molar-refractivity contribution in [1.29, 1.82) is 0 Å². The molecule has 3 atom stereocenters. The lowest BCUT2D eigenvalue weighted by molar-refractivity contribution is 0.0836. The Morgan fingerprint density at radius 3 is 2.66 bits per heavy atom. The standard InChI is InChI=1S/C25H29N5OS/c1-28(2)18-10-12-19(13-11-18)29-15-5-9-22(29)24-23(21-8-3-4-14-26-21)27-25(32)30(24)17-20-7-6-16-31-20/h3-5,8-15,20,23-24H,6-7,16-17H2,1-2H3,(H,27,32)/t20-,23+,24+/m0/s1. The van der Waals surface area contributed by atoms with Crippen LogP contribution in [0.25, 0.3) is 5.69 Å². The van der Waals surface area contributed by atoms with E-state index in [1.807, 2.05) is 18.3 Å². The van der Waals surface area contributed by atoms with Crippen molar-refractivity contribution >= 4 is 23.0 Å². The van der Waals surface area contributed by atoms with Gasteiger partial charge in [-0.05, 0) is 73.6 Å². The summed E-state index contributed by atoms with van der Waals surface area (Å²) in [5.74, 6) is 0. The van der Waals surface area contributed by atoms with Gasteiger partial charge >= 0.3 is 0 Å². The first-order valence-electron chi connectivity index (χ1n) is 11.2. The van der Waals surface area contributed by atoms with E-state index >= 15 is 0 Å². The Morgan fingerprint density at radius 1 is 1.12 bits per heavy atom. The topological polar surface area (TPSA) is 45.6 Å². The fraction of sp³-hybridized carbons (Fsp3) is 0.360. The summed E-state index contributed by atoms with van der Waals surface area (Å²) in [7, 11) is 4.11. The number of nitrogens with zero attached hydrogens (tertiary/aromatic N) is 4. The minimum atomic E-state index is -0.0280. The molecule has 2 fully saturated rings. The zero-order valence-electron chi connectivity index (χ0n) is 18.5. The highest BCUT2D eigenvalue weighted by Gasteiger charge is 2.42. The third-order valence-corrected chi connectivity index (χ3v) is 6.70. The molecule has 166 valence electrons. The Kier molecular flexibility index (Phi) is 5.85. The van der Waals surface area contributed by atoms with Gasteiger partial charge < -0.3 is 24.4 Å². The lowest BCUT2D eigenvalue weighted by atomic mass is 10.0. The predicted molar refractivity (Wildman–Crippen MR) is 131 cm³/mol. The molecule has 0 spiro atoms. The van der Waals surface area contributed by atoms with Gasteiger partial charge in [-0.1, -0.05) is 6.07 Å². The van der Waals surface area contributed by atoms with Gasteiger partial charge in [-0.15, -0.1) is 0 Å². The van der Waals surface area contributed by atoms with Gasteiger partial charge in [0.05, 0.1) is 23.9 Å². The summed E-state index contributed by atoms with van der Waals surface area (Å²) < 4.78 is 8.23. The second kappa shape index (κ2) is 8.92. The maximum absolute atomic E-state index is 5.96. The number of pyridine rings is 1. The SMILES string of the molecule is CN(C)c1ccc(-n2cccc2[C@@H]2[C@@H](c3ccccn3)NC(=S)N2C[C@@H]2CCCO2)cc1. The number of anilines is 1. The molecule has 2 aliphatic heterocycles. The average Bonchev–Trinajstić information content (AvgIpc) is 3.56. The normalized spacial score (nSPS) is 22.9. The molecule has 6 nitrogen and oxygen atoms in total. The van der Waals surface area contributed by atoms with Crippen LogP contribution >= 0.6 is 12.2 Å². The minimum absolute atomic E-state index is 0.0186. The quantitative estimate of drug-likeness (QED) is 0.575. The minimum Gasteiger partial charge on any atom is -0.378 e. The first-order chi connectivity index (χ1) is 15.6. The van der Waals surface area contributed by atoms with Crippen LogP contribution in [-0.4, -0.2) is 52.9 Å². The molecule has 2 aromatic heterocycles. The van der Waals surface area contributed by atoms with Crippen LogP contribution in [0.4, 0.5) is 5.69 Å². The molecule has 0 saturated carbocycles. The number of hydrogen-bond donors (Lipinski definition) is 1. The molecule has 0 unspecified atom stereocenters. The number of hydrogen-bond acceptors (Lipinski definition) is 4. The fourth-order valence-electron chi connectivity index (χ4n) is 4.71. The van der Waals surface area contributed by atoms with Gasteiger partial charge in [0.2, 0.25) is 0 Å². The van der Waals surface area contributed by atoms with Crippen molar-refractivity contribution in [3.8, 4) is 5.69 Å². The van der Waals surface area contributed by atoms with Crippen molar-refractivity contribution in [3.05, 3.63) is 78.4 Å². The van der Waals surface area contributed by atoms with Crippen LogP contribution in [0.3, 0.4) is 0 Å². The van der Waals surface area contributed by atoms with Crippen LogP contribution in [0.2, 0.25) is 0 Å². The summed E-state index contributed by atoms with van der Waals surface area (Å²) in [5.41, 5.74) is 4.48. The average molecular weight is 448 g/mol. The lowest BCUT2D eigenvalue weighted by Crippen LogP contribution is -2.36. The maximum Gasteiger partial charge on any atom is 0.170 e.